The molecule has 0 saturated carbocycles. The van der Waals surface area contributed by atoms with Crippen molar-refractivity contribution in [3.05, 3.63) is 41.5 Å². The topological polar surface area (TPSA) is 52.0 Å². The van der Waals surface area contributed by atoms with E-state index in [-0.39, 0.29) is 6.04 Å². The van der Waals surface area contributed by atoms with Crippen LogP contribution in [0.2, 0.25) is 0 Å². The highest BCUT2D eigenvalue weighted by Gasteiger charge is 2.12. The van der Waals surface area contributed by atoms with Gasteiger partial charge in [-0.3, -0.25) is 0 Å². The molecule has 0 fully saturated rings. The zero-order chi connectivity index (χ0) is 15.2. The maximum absolute atomic E-state index is 6.01. The van der Waals surface area contributed by atoms with Crippen LogP contribution in [-0.4, -0.2) is 21.8 Å². The van der Waals surface area contributed by atoms with E-state index in [4.69, 9.17) is 4.74 Å². The summed E-state index contributed by atoms with van der Waals surface area (Å²) >= 11 is 0. The molecule has 0 spiro atoms. The van der Waals surface area contributed by atoms with Crippen molar-refractivity contribution in [2.75, 3.05) is 7.05 Å². The second kappa shape index (κ2) is 7.22. The predicted octanol–water partition coefficient (Wildman–Crippen LogP) is 2.86. The Hall–Kier alpha value is -1.88. The van der Waals surface area contributed by atoms with Crippen LogP contribution in [0.1, 0.15) is 43.3 Å². The molecule has 1 aromatic heterocycles. The number of rotatable bonds is 7. The molecule has 114 valence electrons. The Labute approximate surface area is 126 Å². The van der Waals surface area contributed by atoms with Gasteiger partial charge in [-0.2, -0.15) is 5.10 Å². The molecule has 5 nitrogen and oxygen atoms in total. The van der Waals surface area contributed by atoms with E-state index >= 15 is 0 Å². The summed E-state index contributed by atoms with van der Waals surface area (Å²) in [5.41, 5.74) is 2.34. The second-order valence-electron chi connectivity index (χ2n) is 5.24. The minimum absolute atomic E-state index is 0.245. The molecule has 0 bridgehead atoms. The summed E-state index contributed by atoms with van der Waals surface area (Å²) in [5, 5.41) is 7.48. The largest absolute Gasteiger partial charge is 0.485 e. The Balaban J connectivity index is 2.15. The zero-order valence-electron chi connectivity index (χ0n) is 13.3. The Morgan fingerprint density at radius 2 is 2.19 bits per heavy atom. The molecule has 0 aliphatic carbocycles. The summed E-state index contributed by atoms with van der Waals surface area (Å²) in [6, 6.07) is 6.54. The van der Waals surface area contributed by atoms with Crippen LogP contribution < -0.4 is 10.1 Å². The highest BCUT2D eigenvalue weighted by atomic mass is 16.5. The van der Waals surface area contributed by atoms with Gasteiger partial charge in [-0.15, -0.1) is 0 Å². The smallest absolute Gasteiger partial charge is 0.164 e. The van der Waals surface area contributed by atoms with Gasteiger partial charge in [-0.1, -0.05) is 19.1 Å². The highest BCUT2D eigenvalue weighted by Crippen LogP contribution is 2.26. The fourth-order valence-corrected chi connectivity index (χ4v) is 2.22. The second-order valence-corrected chi connectivity index (χ2v) is 5.24. The fraction of sp³-hybridized carbons (Fsp3) is 0.500. The molecular formula is C16H24N4O. The zero-order valence-corrected chi connectivity index (χ0v) is 13.3. The van der Waals surface area contributed by atoms with Crippen molar-refractivity contribution in [3.8, 4) is 5.75 Å². The highest BCUT2D eigenvalue weighted by molar-refractivity contribution is 5.39. The van der Waals surface area contributed by atoms with E-state index in [1.54, 1.807) is 6.33 Å². The molecule has 0 aliphatic rings. The first-order chi connectivity index (χ1) is 10.2. The van der Waals surface area contributed by atoms with E-state index in [9.17, 15) is 0 Å². The quantitative estimate of drug-likeness (QED) is 0.851. The van der Waals surface area contributed by atoms with Gasteiger partial charge in [-0.05, 0) is 38.9 Å². The maximum atomic E-state index is 6.01. The number of nitrogens with one attached hydrogen (secondary N) is 1. The van der Waals surface area contributed by atoms with Crippen molar-refractivity contribution >= 4 is 0 Å². The van der Waals surface area contributed by atoms with Gasteiger partial charge in [0.15, 0.2) is 5.82 Å². The van der Waals surface area contributed by atoms with Crippen molar-refractivity contribution in [2.45, 2.75) is 46.4 Å². The standard InChI is InChI=1S/C16H24N4O/c1-5-8-20-16(18-11-19-20)10-21-15-9-12(2)6-7-14(15)13(3)17-4/h6-7,9,11,13,17H,5,8,10H2,1-4H3. The number of hydrogen-bond donors (Lipinski definition) is 1. The average molecular weight is 288 g/mol. The third-order valence-corrected chi connectivity index (χ3v) is 3.56. The maximum Gasteiger partial charge on any atom is 0.164 e. The van der Waals surface area contributed by atoms with Gasteiger partial charge in [0.1, 0.15) is 18.7 Å². The SMILES string of the molecule is CCCn1ncnc1COc1cc(C)ccc1C(C)NC. The lowest BCUT2D eigenvalue weighted by Gasteiger charge is -2.17. The molecule has 2 rings (SSSR count). The van der Waals surface area contributed by atoms with Gasteiger partial charge in [0.05, 0.1) is 0 Å². The molecule has 1 N–H and O–H groups in total. The van der Waals surface area contributed by atoms with E-state index in [0.717, 1.165) is 30.1 Å². The van der Waals surface area contributed by atoms with Gasteiger partial charge in [-0.25, -0.2) is 9.67 Å². The van der Waals surface area contributed by atoms with Crippen molar-refractivity contribution in [1.82, 2.24) is 20.1 Å². The normalized spacial score (nSPS) is 12.4. The Bertz CT molecular complexity index is 579. The number of aromatic nitrogens is 3. The lowest BCUT2D eigenvalue weighted by Crippen LogP contribution is -2.15. The third kappa shape index (κ3) is 3.82. The van der Waals surface area contributed by atoms with Crippen LogP contribution in [0.25, 0.3) is 0 Å². The first kappa shape index (κ1) is 15.5. The first-order valence-electron chi connectivity index (χ1n) is 7.43. The molecule has 1 heterocycles. The monoisotopic (exact) mass is 288 g/mol. The molecule has 0 amide bonds. The van der Waals surface area contributed by atoms with Crippen LogP contribution in [0, 0.1) is 6.92 Å². The van der Waals surface area contributed by atoms with Crippen molar-refractivity contribution < 1.29 is 4.74 Å². The van der Waals surface area contributed by atoms with Crippen molar-refractivity contribution in [2.24, 2.45) is 0 Å². The van der Waals surface area contributed by atoms with Gasteiger partial charge in [0.2, 0.25) is 0 Å². The molecule has 1 unspecified atom stereocenters. The summed E-state index contributed by atoms with van der Waals surface area (Å²) in [4.78, 5) is 4.28. The Morgan fingerprint density at radius 3 is 2.90 bits per heavy atom. The van der Waals surface area contributed by atoms with Crippen molar-refractivity contribution in [1.29, 1.82) is 0 Å². The van der Waals surface area contributed by atoms with E-state index in [2.05, 4.69) is 54.4 Å². The molecule has 0 radical (unpaired) electrons. The van der Waals surface area contributed by atoms with Gasteiger partial charge in [0.25, 0.3) is 0 Å². The lowest BCUT2D eigenvalue weighted by atomic mass is 10.1. The van der Waals surface area contributed by atoms with E-state index in [0.29, 0.717) is 6.61 Å². The number of ether oxygens (including phenoxy) is 1. The van der Waals surface area contributed by atoms with Crippen LogP contribution in [-0.2, 0) is 13.2 Å². The molecule has 5 heteroatoms. The lowest BCUT2D eigenvalue weighted by molar-refractivity contribution is 0.281. The molecule has 21 heavy (non-hydrogen) atoms. The summed E-state index contributed by atoms with van der Waals surface area (Å²) in [6.07, 6.45) is 2.62. The van der Waals surface area contributed by atoms with Crippen LogP contribution in [0.5, 0.6) is 5.75 Å². The van der Waals surface area contributed by atoms with Crippen LogP contribution >= 0.6 is 0 Å². The molecule has 1 atom stereocenters. The molecule has 1 aromatic carbocycles. The first-order valence-corrected chi connectivity index (χ1v) is 7.43. The molecule has 0 aliphatic heterocycles. The van der Waals surface area contributed by atoms with Crippen molar-refractivity contribution in [3.63, 3.8) is 0 Å². The number of nitrogens with zero attached hydrogens (tertiary/aromatic N) is 3. The van der Waals surface area contributed by atoms with Crippen LogP contribution in [0.4, 0.5) is 0 Å². The summed E-state index contributed by atoms with van der Waals surface area (Å²) in [5.74, 6) is 1.77. The predicted molar refractivity (Wildman–Crippen MR) is 83.3 cm³/mol. The van der Waals surface area contributed by atoms with E-state index in [1.807, 2.05) is 11.7 Å². The van der Waals surface area contributed by atoms with Crippen LogP contribution in [0.15, 0.2) is 24.5 Å². The minimum Gasteiger partial charge on any atom is -0.485 e. The number of aryl methyl sites for hydroxylation is 2. The summed E-state index contributed by atoms with van der Waals surface area (Å²) in [7, 11) is 1.95. The fourth-order valence-electron chi connectivity index (χ4n) is 2.22. The molecule has 0 saturated heterocycles. The van der Waals surface area contributed by atoms with Gasteiger partial charge < -0.3 is 10.1 Å². The molecule has 2 aromatic rings. The van der Waals surface area contributed by atoms with Crippen LogP contribution in [0.3, 0.4) is 0 Å². The average Bonchev–Trinajstić information content (AvgIpc) is 2.92. The van der Waals surface area contributed by atoms with Gasteiger partial charge >= 0.3 is 0 Å². The number of benzene rings is 1. The Kier molecular flexibility index (Phi) is 5.33. The molecular weight excluding hydrogens is 264 g/mol. The third-order valence-electron chi connectivity index (χ3n) is 3.56. The number of hydrogen-bond acceptors (Lipinski definition) is 4. The summed E-state index contributed by atoms with van der Waals surface area (Å²) in [6.45, 7) is 7.62. The van der Waals surface area contributed by atoms with E-state index < -0.39 is 0 Å². The van der Waals surface area contributed by atoms with Gasteiger partial charge in [0, 0.05) is 18.2 Å². The minimum atomic E-state index is 0.245. The summed E-state index contributed by atoms with van der Waals surface area (Å²) < 4.78 is 7.91. The van der Waals surface area contributed by atoms with E-state index in [1.165, 1.54) is 5.56 Å². The Morgan fingerprint density at radius 1 is 1.38 bits per heavy atom.